The van der Waals surface area contributed by atoms with Crippen LogP contribution in [0.25, 0.3) is 0 Å². The van der Waals surface area contributed by atoms with Crippen molar-refractivity contribution >= 4 is 23.9 Å². The number of methoxy groups -OCH3 is 2. The lowest BCUT2D eigenvalue weighted by molar-refractivity contribution is -0.156. The molecule has 0 aliphatic carbocycles. The number of nitrogens with zero attached hydrogens (tertiary/aromatic N) is 2. The molecule has 0 spiro atoms. The van der Waals surface area contributed by atoms with Crippen molar-refractivity contribution in [2.45, 2.75) is 24.2 Å². The number of carboxylic acid groups (broad SMARTS) is 4. The first kappa shape index (κ1) is 24.9. The van der Waals surface area contributed by atoms with Crippen LogP contribution < -0.4 is 9.47 Å². The van der Waals surface area contributed by atoms with Gasteiger partial charge in [0.25, 0.3) is 0 Å². The van der Waals surface area contributed by atoms with Crippen LogP contribution in [0, 0.1) is 11.8 Å². The highest BCUT2D eigenvalue weighted by atomic mass is 16.5. The van der Waals surface area contributed by atoms with Crippen LogP contribution in [0.15, 0.2) is 48.5 Å². The summed E-state index contributed by atoms with van der Waals surface area (Å²) >= 11 is 0. The average molecular weight is 500 g/mol. The molecular weight excluding hydrogens is 476 g/mol. The smallest absolute Gasteiger partial charge is 0.323 e. The number of ether oxygens (including phenoxy) is 2. The summed E-state index contributed by atoms with van der Waals surface area (Å²) in [6, 6.07) is 6.15. The van der Waals surface area contributed by atoms with Gasteiger partial charge in [0.2, 0.25) is 0 Å². The standard InChI is InChI=1S/C24H24N2O10/c1-35-13-7-3-11(4-8-13)17-15(21(27)28)19(23(31)32)26-18(12-5-9-14(36-2)10-6-12)16(22(29)30)20(24(33)34)25(17)26/h3-10,15-20H,1-2H3,(H,27,28)(H,29,30)(H,31,32)(H,33,34)/t15-,16-,17+,18+,19+,20+/m0/s1. The summed E-state index contributed by atoms with van der Waals surface area (Å²) in [5.41, 5.74) is 0.616. The molecule has 190 valence electrons. The molecule has 0 bridgehead atoms. The van der Waals surface area contributed by atoms with Gasteiger partial charge in [0.15, 0.2) is 0 Å². The van der Waals surface area contributed by atoms with Crippen LogP contribution in [-0.2, 0) is 19.2 Å². The third kappa shape index (κ3) is 3.89. The van der Waals surface area contributed by atoms with Crippen molar-refractivity contribution in [2.75, 3.05) is 14.2 Å². The van der Waals surface area contributed by atoms with Crippen LogP contribution in [0.2, 0.25) is 0 Å². The molecule has 4 rings (SSSR count). The van der Waals surface area contributed by atoms with Crippen LogP contribution >= 0.6 is 0 Å². The number of aliphatic carboxylic acids is 4. The number of hydrazine groups is 1. The number of carboxylic acids is 4. The molecule has 6 atom stereocenters. The average Bonchev–Trinajstić information content (AvgIpc) is 3.37. The van der Waals surface area contributed by atoms with E-state index in [1.54, 1.807) is 0 Å². The van der Waals surface area contributed by atoms with E-state index in [4.69, 9.17) is 9.47 Å². The Hall–Kier alpha value is -4.16. The van der Waals surface area contributed by atoms with Crippen molar-refractivity contribution in [3.05, 3.63) is 59.7 Å². The number of fused-ring (bicyclic) bond motifs is 1. The van der Waals surface area contributed by atoms with Gasteiger partial charge in [0.1, 0.15) is 35.4 Å². The van der Waals surface area contributed by atoms with Gasteiger partial charge in [-0.1, -0.05) is 24.3 Å². The molecule has 2 saturated heterocycles. The normalized spacial score (nSPS) is 27.8. The van der Waals surface area contributed by atoms with Gasteiger partial charge in [-0.3, -0.25) is 19.2 Å². The summed E-state index contributed by atoms with van der Waals surface area (Å²) in [6.07, 6.45) is 0. The van der Waals surface area contributed by atoms with Crippen molar-refractivity contribution in [1.29, 1.82) is 0 Å². The first-order chi connectivity index (χ1) is 17.1. The molecule has 12 heteroatoms. The van der Waals surface area contributed by atoms with Crippen molar-refractivity contribution in [3.8, 4) is 11.5 Å². The van der Waals surface area contributed by atoms with E-state index in [0.29, 0.717) is 22.6 Å². The Morgan fingerprint density at radius 3 is 1.11 bits per heavy atom. The molecule has 2 aliphatic rings. The monoisotopic (exact) mass is 500 g/mol. The Labute approximate surface area is 204 Å². The zero-order valence-electron chi connectivity index (χ0n) is 19.2. The fraction of sp³-hybridized carbons (Fsp3) is 0.333. The highest BCUT2D eigenvalue weighted by Gasteiger charge is 2.68. The molecule has 2 aromatic carbocycles. The van der Waals surface area contributed by atoms with Crippen molar-refractivity contribution in [1.82, 2.24) is 10.0 Å². The first-order valence-electron chi connectivity index (χ1n) is 10.9. The number of hydrogen-bond acceptors (Lipinski definition) is 8. The van der Waals surface area contributed by atoms with Gasteiger partial charge >= 0.3 is 23.9 Å². The van der Waals surface area contributed by atoms with Gasteiger partial charge < -0.3 is 29.9 Å². The topological polar surface area (TPSA) is 174 Å². The fourth-order valence-corrected chi connectivity index (χ4v) is 5.32. The highest BCUT2D eigenvalue weighted by molar-refractivity contribution is 5.88. The van der Waals surface area contributed by atoms with Gasteiger partial charge in [-0.25, -0.2) is 10.0 Å². The minimum absolute atomic E-state index is 0.308. The lowest BCUT2D eigenvalue weighted by Crippen LogP contribution is -2.46. The molecule has 4 N–H and O–H groups in total. The third-order valence-electron chi connectivity index (χ3n) is 6.76. The predicted octanol–water partition coefficient (Wildman–Crippen LogP) is 1.34. The van der Waals surface area contributed by atoms with E-state index >= 15 is 0 Å². The summed E-state index contributed by atoms with van der Waals surface area (Å²) in [4.78, 5) is 49.9. The van der Waals surface area contributed by atoms with Crippen molar-refractivity contribution in [2.24, 2.45) is 11.8 Å². The van der Waals surface area contributed by atoms with Gasteiger partial charge in [0.05, 0.1) is 26.3 Å². The maximum Gasteiger partial charge on any atom is 0.323 e. The molecule has 0 radical (unpaired) electrons. The zero-order chi connectivity index (χ0) is 26.3. The minimum atomic E-state index is -1.74. The van der Waals surface area contributed by atoms with Crippen LogP contribution in [0.4, 0.5) is 0 Å². The molecule has 2 aliphatic heterocycles. The maximum absolute atomic E-state index is 12.5. The molecule has 2 fully saturated rings. The second-order valence-corrected chi connectivity index (χ2v) is 8.49. The van der Waals surface area contributed by atoms with E-state index < -0.39 is 59.9 Å². The second-order valence-electron chi connectivity index (χ2n) is 8.49. The Morgan fingerprint density at radius 1 is 0.583 bits per heavy atom. The molecule has 0 aromatic heterocycles. The summed E-state index contributed by atoms with van der Waals surface area (Å²) in [6.45, 7) is 0. The summed E-state index contributed by atoms with van der Waals surface area (Å²) in [5.74, 6) is -8.25. The number of hydrogen-bond donors (Lipinski definition) is 4. The second kappa shape index (κ2) is 9.47. The van der Waals surface area contributed by atoms with E-state index in [-0.39, 0.29) is 0 Å². The molecule has 0 saturated carbocycles. The van der Waals surface area contributed by atoms with Gasteiger partial charge in [-0.2, -0.15) is 0 Å². The zero-order valence-corrected chi connectivity index (χ0v) is 19.2. The largest absolute Gasteiger partial charge is 0.497 e. The summed E-state index contributed by atoms with van der Waals surface area (Å²) < 4.78 is 10.3. The molecular formula is C24H24N2O10. The molecule has 0 amide bonds. The van der Waals surface area contributed by atoms with E-state index in [1.165, 1.54) is 62.8 Å². The minimum Gasteiger partial charge on any atom is -0.497 e. The number of benzene rings is 2. The first-order valence-corrected chi connectivity index (χ1v) is 10.9. The van der Waals surface area contributed by atoms with Crippen LogP contribution in [0.1, 0.15) is 23.2 Å². The van der Waals surface area contributed by atoms with Crippen LogP contribution in [0.3, 0.4) is 0 Å². The lowest BCUT2D eigenvalue weighted by atomic mass is 9.82. The fourth-order valence-electron chi connectivity index (χ4n) is 5.32. The Bertz CT molecular complexity index is 1090. The maximum atomic E-state index is 12.5. The molecule has 0 unspecified atom stereocenters. The molecule has 2 aromatic rings. The number of carbonyl (C=O) groups is 4. The van der Waals surface area contributed by atoms with E-state index in [2.05, 4.69) is 0 Å². The Kier molecular flexibility index (Phi) is 6.57. The summed E-state index contributed by atoms with van der Waals surface area (Å²) in [5, 5.41) is 42.8. The van der Waals surface area contributed by atoms with Gasteiger partial charge in [-0.05, 0) is 35.4 Å². The van der Waals surface area contributed by atoms with Gasteiger partial charge in [0, 0.05) is 0 Å². The van der Waals surface area contributed by atoms with Crippen LogP contribution in [0.5, 0.6) is 11.5 Å². The third-order valence-corrected chi connectivity index (χ3v) is 6.76. The lowest BCUT2D eigenvalue weighted by Gasteiger charge is -2.32. The molecule has 12 nitrogen and oxygen atoms in total. The van der Waals surface area contributed by atoms with Crippen LogP contribution in [-0.4, -0.2) is 80.6 Å². The Balaban J connectivity index is 1.97. The predicted molar refractivity (Wildman–Crippen MR) is 120 cm³/mol. The van der Waals surface area contributed by atoms with E-state index in [0.717, 1.165) is 10.0 Å². The molecule has 36 heavy (non-hydrogen) atoms. The van der Waals surface area contributed by atoms with Crippen molar-refractivity contribution < 1.29 is 49.1 Å². The summed E-state index contributed by atoms with van der Waals surface area (Å²) in [7, 11) is 2.87. The molecule has 2 heterocycles. The quantitative estimate of drug-likeness (QED) is 0.410. The van der Waals surface area contributed by atoms with Gasteiger partial charge in [-0.15, -0.1) is 0 Å². The van der Waals surface area contributed by atoms with E-state index in [9.17, 15) is 39.6 Å². The Morgan fingerprint density at radius 2 is 0.889 bits per heavy atom. The number of rotatable bonds is 8. The highest BCUT2D eigenvalue weighted by Crippen LogP contribution is 2.55. The SMILES string of the molecule is COc1ccc([C@@H]2[C@H](C(=O)O)[C@H](C(=O)O)N3[C@H](c4ccc(OC)cc4)[C@H](C(=O)O)[C@H](C(=O)O)N23)cc1. The van der Waals surface area contributed by atoms with Crippen molar-refractivity contribution in [3.63, 3.8) is 0 Å². The van der Waals surface area contributed by atoms with E-state index in [1.807, 2.05) is 0 Å².